The molecule has 4 heteroatoms. The number of nitrogens with one attached hydrogen (secondary N) is 1. The molecule has 20 heavy (non-hydrogen) atoms. The van der Waals surface area contributed by atoms with Crippen LogP contribution >= 0.6 is 27.5 Å². The summed E-state index contributed by atoms with van der Waals surface area (Å²) in [5.74, 6) is -0.0717. The molecule has 0 saturated carbocycles. The molecule has 1 heterocycles. The summed E-state index contributed by atoms with van der Waals surface area (Å²) < 4.78 is 0.855. The Morgan fingerprint density at radius 2 is 1.95 bits per heavy atom. The average Bonchev–Trinajstić information content (AvgIpc) is 2.80. The average molecular weight is 349 g/mol. The molecule has 0 spiro atoms. The molecule has 1 N–H and O–H groups in total. The lowest BCUT2D eigenvalue weighted by atomic mass is 10.0. The number of hydrogen-bond acceptors (Lipinski definition) is 1. The minimum absolute atomic E-state index is 0.0717. The van der Waals surface area contributed by atoms with Crippen molar-refractivity contribution in [1.82, 2.24) is 4.98 Å². The van der Waals surface area contributed by atoms with Crippen LogP contribution in [0.25, 0.3) is 10.9 Å². The van der Waals surface area contributed by atoms with E-state index in [9.17, 15) is 4.79 Å². The third-order valence-corrected chi connectivity index (χ3v) is 4.06. The number of aromatic nitrogens is 1. The Labute approximate surface area is 129 Å². The summed E-state index contributed by atoms with van der Waals surface area (Å²) >= 11 is 9.50. The summed E-state index contributed by atoms with van der Waals surface area (Å²) in [5.41, 5.74) is 3.27. The number of aromatic amines is 1. The van der Waals surface area contributed by atoms with E-state index in [1.54, 1.807) is 18.3 Å². The number of hydrogen-bond donors (Lipinski definition) is 1. The summed E-state index contributed by atoms with van der Waals surface area (Å²) in [4.78, 5) is 15.8. The van der Waals surface area contributed by atoms with Crippen LogP contribution in [-0.4, -0.2) is 10.8 Å². The van der Waals surface area contributed by atoms with Gasteiger partial charge >= 0.3 is 0 Å². The van der Waals surface area contributed by atoms with Gasteiger partial charge in [0.25, 0.3) is 0 Å². The predicted molar refractivity (Wildman–Crippen MR) is 85.6 cm³/mol. The second-order valence-electron chi connectivity index (χ2n) is 4.70. The van der Waals surface area contributed by atoms with Crippen molar-refractivity contribution in [3.05, 3.63) is 68.8 Å². The highest BCUT2D eigenvalue weighted by Crippen LogP contribution is 2.27. The van der Waals surface area contributed by atoms with E-state index in [0.717, 1.165) is 20.9 Å². The van der Waals surface area contributed by atoms with Crippen LogP contribution in [0.4, 0.5) is 0 Å². The highest BCUT2D eigenvalue weighted by Gasteiger charge is 2.16. The van der Waals surface area contributed by atoms with Gasteiger partial charge in [-0.05, 0) is 36.8 Å². The van der Waals surface area contributed by atoms with Crippen LogP contribution in [0.5, 0.6) is 0 Å². The lowest BCUT2D eigenvalue weighted by Crippen LogP contribution is -2.01. The number of fused-ring (bicyclic) bond motifs is 1. The van der Waals surface area contributed by atoms with Crippen LogP contribution in [0.3, 0.4) is 0 Å². The van der Waals surface area contributed by atoms with Gasteiger partial charge in [-0.25, -0.2) is 0 Å². The van der Waals surface area contributed by atoms with Crippen LogP contribution in [0.1, 0.15) is 21.5 Å². The normalized spacial score (nSPS) is 10.9. The van der Waals surface area contributed by atoms with Crippen molar-refractivity contribution in [3.63, 3.8) is 0 Å². The van der Waals surface area contributed by atoms with Crippen molar-refractivity contribution >= 4 is 44.2 Å². The topological polar surface area (TPSA) is 32.9 Å². The van der Waals surface area contributed by atoms with E-state index in [2.05, 4.69) is 20.9 Å². The van der Waals surface area contributed by atoms with Gasteiger partial charge in [0.2, 0.25) is 0 Å². The van der Waals surface area contributed by atoms with Crippen molar-refractivity contribution in [2.75, 3.05) is 0 Å². The zero-order chi connectivity index (χ0) is 14.3. The third-order valence-electron chi connectivity index (χ3n) is 3.26. The number of ketones is 1. The molecule has 2 nitrogen and oxygen atoms in total. The fourth-order valence-electron chi connectivity index (χ4n) is 2.25. The van der Waals surface area contributed by atoms with E-state index in [4.69, 9.17) is 11.6 Å². The van der Waals surface area contributed by atoms with Gasteiger partial charge < -0.3 is 4.98 Å². The number of aryl methyl sites for hydroxylation is 1. The maximum Gasteiger partial charge on any atom is 0.196 e. The maximum absolute atomic E-state index is 12.6. The Bertz CT molecular complexity index is 822. The number of carbonyl (C=O) groups excluding carboxylic acids is 1. The Morgan fingerprint density at radius 3 is 2.70 bits per heavy atom. The van der Waals surface area contributed by atoms with Gasteiger partial charge in [0, 0.05) is 32.7 Å². The highest BCUT2D eigenvalue weighted by molar-refractivity contribution is 9.10. The van der Waals surface area contributed by atoms with Crippen LogP contribution < -0.4 is 0 Å². The predicted octanol–water partition coefficient (Wildman–Crippen LogP) is 5.12. The zero-order valence-corrected chi connectivity index (χ0v) is 13.0. The lowest BCUT2D eigenvalue weighted by molar-refractivity contribution is 0.104. The molecular weight excluding hydrogens is 338 g/mol. The molecule has 0 atom stereocenters. The molecule has 0 aliphatic carbocycles. The molecule has 3 rings (SSSR count). The molecule has 0 fully saturated rings. The van der Waals surface area contributed by atoms with Crippen LogP contribution in [0.2, 0.25) is 5.02 Å². The largest absolute Gasteiger partial charge is 0.360 e. The van der Waals surface area contributed by atoms with Crippen molar-refractivity contribution in [3.8, 4) is 0 Å². The molecule has 3 aromatic rings. The van der Waals surface area contributed by atoms with Crippen molar-refractivity contribution in [1.29, 1.82) is 0 Å². The van der Waals surface area contributed by atoms with Crippen molar-refractivity contribution in [2.45, 2.75) is 6.92 Å². The van der Waals surface area contributed by atoms with Gasteiger partial charge in [-0.1, -0.05) is 39.7 Å². The summed E-state index contributed by atoms with van der Waals surface area (Å²) in [6, 6.07) is 11.3. The molecule has 0 aliphatic heterocycles. The molecule has 1 aromatic heterocycles. The number of halogens is 2. The van der Waals surface area contributed by atoms with Gasteiger partial charge in [-0.15, -0.1) is 0 Å². The van der Waals surface area contributed by atoms with E-state index in [0.29, 0.717) is 16.1 Å². The van der Waals surface area contributed by atoms with Crippen LogP contribution in [0, 0.1) is 6.92 Å². The minimum atomic E-state index is -0.0717. The fourth-order valence-corrected chi connectivity index (χ4v) is 3.01. The van der Waals surface area contributed by atoms with E-state index < -0.39 is 0 Å². The molecular formula is C16H11BrClNO. The number of carbonyl (C=O) groups is 1. The monoisotopic (exact) mass is 347 g/mol. The Balaban J connectivity index is 2.13. The summed E-state index contributed by atoms with van der Waals surface area (Å²) in [6.07, 6.45) is 1.74. The minimum Gasteiger partial charge on any atom is -0.360 e. The quantitative estimate of drug-likeness (QED) is 0.640. The zero-order valence-electron chi connectivity index (χ0n) is 10.7. The third kappa shape index (κ3) is 2.28. The molecule has 0 aliphatic rings. The number of H-pyrrole nitrogens is 1. The molecule has 0 radical (unpaired) electrons. The van der Waals surface area contributed by atoms with Crippen molar-refractivity contribution in [2.24, 2.45) is 0 Å². The first-order chi connectivity index (χ1) is 9.56. The molecule has 0 unspecified atom stereocenters. The second kappa shape index (κ2) is 5.08. The van der Waals surface area contributed by atoms with Gasteiger partial charge in [0.1, 0.15) is 0 Å². The second-order valence-corrected chi connectivity index (χ2v) is 6.03. The summed E-state index contributed by atoms with van der Waals surface area (Å²) in [5, 5.41) is 1.37. The van der Waals surface area contributed by atoms with Gasteiger partial charge in [0.05, 0.1) is 5.02 Å². The number of benzene rings is 2. The first-order valence-electron chi connectivity index (χ1n) is 6.14. The Kier molecular flexibility index (Phi) is 3.40. The van der Waals surface area contributed by atoms with E-state index in [-0.39, 0.29) is 5.78 Å². The first kappa shape index (κ1) is 13.4. The summed E-state index contributed by atoms with van der Waals surface area (Å²) in [7, 11) is 0. The van der Waals surface area contributed by atoms with E-state index >= 15 is 0 Å². The first-order valence-corrected chi connectivity index (χ1v) is 7.31. The maximum atomic E-state index is 12.6. The van der Waals surface area contributed by atoms with Gasteiger partial charge in [0.15, 0.2) is 5.78 Å². The highest BCUT2D eigenvalue weighted by atomic mass is 79.9. The standard InChI is InChI=1S/C16H11BrClNO/c1-9-2-4-11-13(8-19-15(11)6-9)16(20)12-5-3-10(17)7-14(12)18/h2-8,19H,1H3. The Morgan fingerprint density at radius 1 is 1.15 bits per heavy atom. The molecule has 100 valence electrons. The molecule has 2 aromatic carbocycles. The van der Waals surface area contributed by atoms with Crippen LogP contribution in [0.15, 0.2) is 47.1 Å². The van der Waals surface area contributed by atoms with Gasteiger partial charge in [-0.3, -0.25) is 4.79 Å². The smallest absolute Gasteiger partial charge is 0.196 e. The van der Waals surface area contributed by atoms with E-state index in [1.807, 2.05) is 31.2 Å². The molecule has 0 bridgehead atoms. The van der Waals surface area contributed by atoms with E-state index in [1.165, 1.54) is 0 Å². The SMILES string of the molecule is Cc1ccc2c(C(=O)c3ccc(Br)cc3Cl)c[nH]c2c1. The Hall–Kier alpha value is -1.58. The van der Waals surface area contributed by atoms with Crippen LogP contribution in [-0.2, 0) is 0 Å². The molecule has 0 amide bonds. The number of rotatable bonds is 2. The fraction of sp³-hybridized carbons (Fsp3) is 0.0625. The lowest BCUT2D eigenvalue weighted by Gasteiger charge is -2.03. The van der Waals surface area contributed by atoms with Crippen molar-refractivity contribution < 1.29 is 4.79 Å². The molecule has 0 saturated heterocycles. The summed E-state index contributed by atoms with van der Waals surface area (Å²) in [6.45, 7) is 2.02. The van der Waals surface area contributed by atoms with Gasteiger partial charge in [-0.2, -0.15) is 0 Å².